The quantitative estimate of drug-likeness (QED) is 0.400. The van der Waals surface area contributed by atoms with E-state index in [2.05, 4.69) is 0 Å². The molecule has 3 aromatic rings. The van der Waals surface area contributed by atoms with E-state index in [4.69, 9.17) is 9.47 Å². The molecule has 1 saturated carbocycles. The van der Waals surface area contributed by atoms with Crippen LogP contribution < -0.4 is 4.74 Å². The summed E-state index contributed by atoms with van der Waals surface area (Å²) in [6.07, 6.45) is 4.54. The Balaban J connectivity index is 1.44. The van der Waals surface area contributed by atoms with Crippen LogP contribution in [0.3, 0.4) is 0 Å². The number of aryl methyl sites for hydroxylation is 1. The van der Waals surface area contributed by atoms with Gasteiger partial charge in [-0.15, -0.1) is 0 Å². The lowest BCUT2D eigenvalue weighted by Gasteiger charge is -2.38. The molecule has 2 aliphatic rings. The zero-order chi connectivity index (χ0) is 26.5. The molecular weight excluding hydrogens is 478 g/mol. The van der Waals surface area contributed by atoms with Crippen LogP contribution in [0.25, 0.3) is 0 Å². The van der Waals surface area contributed by atoms with E-state index in [1.54, 1.807) is 0 Å². The Morgan fingerprint density at radius 1 is 0.947 bits per heavy atom. The molecule has 1 N–H and O–H groups in total. The maximum Gasteiger partial charge on any atom is 0.326 e. The molecule has 2 unspecified atom stereocenters. The predicted molar refractivity (Wildman–Crippen MR) is 145 cm³/mol. The van der Waals surface area contributed by atoms with Crippen molar-refractivity contribution < 1.29 is 24.2 Å². The number of hydrogen-bond donors (Lipinski definition) is 1. The van der Waals surface area contributed by atoms with Crippen molar-refractivity contribution in [2.24, 2.45) is 0 Å². The molecule has 1 aliphatic carbocycles. The molecule has 2 atom stereocenters. The standard InChI is InChI=1S/C32H35NO5/c1-22-17-18-25-20-33(28(32(35)36)19-27(25)29(22)37-21-23-11-5-2-6-12-23)31(34)30(24-13-7-3-8-14-24)38-26-15-9-4-10-16-26/h2-3,5-8,11-14,17-18,26,28,30H,4,9-10,15-16,19-21H2,1H3,(H,35,36). The van der Waals surface area contributed by atoms with Crippen LogP contribution in [0.2, 0.25) is 0 Å². The van der Waals surface area contributed by atoms with Gasteiger partial charge >= 0.3 is 5.97 Å². The SMILES string of the molecule is Cc1ccc2c(c1OCc1ccccc1)CC(C(=O)O)N(C(=O)C(OC1CCCCC1)c1ccccc1)C2. The molecule has 1 aliphatic heterocycles. The molecule has 6 heteroatoms. The summed E-state index contributed by atoms with van der Waals surface area (Å²) in [5, 5.41) is 10.2. The van der Waals surface area contributed by atoms with Crippen LogP contribution in [0, 0.1) is 6.92 Å². The second-order valence-corrected chi connectivity index (χ2v) is 10.3. The fraction of sp³-hybridized carbons (Fsp3) is 0.375. The van der Waals surface area contributed by atoms with Gasteiger partial charge in [0.2, 0.25) is 0 Å². The number of hydrogen-bond acceptors (Lipinski definition) is 4. The highest BCUT2D eigenvalue weighted by Crippen LogP contribution is 2.37. The lowest BCUT2D eigenvalue weighted by Crippen LogP contribution is -2.51. The normalized spacial score (nSPS) is 18.4. The molecular formula is C32H35NO5. The van der Waals surface area contributed by atoms with Gasteiger partial charge in [0.05, 0.1) is 6.10 Å². The highest BCUT2D eigenvalue weighted by atomic mass is 16.5. The predicted octanol–water partition coefficient (Wildman–Crippen LogP) is 6.00. The van der Waals surface area contributed by atoms with Crippen LogP contribution in [-0.4, -0.2) is 34.0 Å². The highest BCUT2D eigenvalue weighted by Gasteiger charge is 2.40. The number of rotatable bonds is 8. The molecule has 1 fully saturated rings. The van der Waals surface area contributed by atoms with Gasteiger partial charge in [-0.05, 0) is 42.0 Å². The number of nitrogens with zero attached hydrogens (tertiary/aromatic N) is 1. The van der Waals surface area contributed by atoms with Crippen molar-refractivity contribution in [3.8, 4) is 5.75 Å². The van der Waals surface area contributed by atoms with Crippen molar-refractivity contribution >= 4 is 11.9 Å². The molecule has 38 heavy (non-hydrogen) atoms. The van der Waals surface area contributed by atoms with Crippen molar-refractivity contribution in [1.29, 1.82) is 0 Å². The summed E-state index contributed by atoms with van der Waals surface area (Å²) in [5.74, 6) is -0.612. The Labute approximate surface area is 224 Å². The third kappa shape index (κ3) is 5.76. The maximum atomic E-state index is 14.1. The zero-order valence-electron chi connectivity index (χ0n) is 21.8. The van der Waals surface area contributed by atoms with Crippen LogP contribution in [0.1, 0.15) is 66.0 Å². The fourth-order valence-electron chi connectivity index (χ4n) is 5.59. The number of ether oxygens (including phenoxy) is 2. The van der Waals surface area contributed by atoms with Crippen LogP contribution in [0.15, 0.2) is 72.8 Å². The molecule has 0 bridgehead atoms. The molecule has 3 aromatic carbocycles. The highest BCUT2D eigenvalue weighted by molar-refractivity contribution is 5.88. The van der Waals surface area contributed by atoms with Gasteiger partial charge in [0.25, 0.3) is 5.91 Å². The van der Waals surface area contributed by atoms with E-state index in [9.17, 15) is 14.7 Å². The maximum absolute atomic E-state index is 14.1. The van der Waals surface area contributed by atoms with Crippen LogP contribution in [0.4, 0.5) is 0 Å². The summed E-state index contributed by atoms with van der Waals surface area (Å²) < 4.78 is 12.7. The van der Waals surface area contributed by atoms with Crippen LogP contribution in [0.5, 0.6) is 5.75 Å². The van der Waals surface area contributed by atoms with Gasteiger partial charge in [0.15, 0.2) is 6.10 Å². The lowest BCUT2D eigenvalue weighted by molar-refractivity contribution is -0.161. The van der Waals surface area contributed by atoms with Gasteiger partial charge < -0.3 is 19.5 Å². The minimum atomic E-state index is -1.02. The molecule has 5 rings (SSSR count). The Bertz CT molecular complexity index is 1250. The first-order valence-electron chi connectivity index (χ1n) is 13.5. The fourth-order valence-corrected chi connectivity index (χ4v) is 5.59. The topological polar surface area (TPSA) is 76.1 Å². The smallest absolute Gasteiger partial charge is 0.326 e. The summed E-state index contributed by atoms with van der Waals surface area (Å²) in [6.45, 7) is 2.56. The van der Waals surface area contributed by atoms with Crippen molar-refractivity contribution in [3.05, 3.63) is 101 Å². The van der Waals surface area contributed by atoms with E-state index in [-0.39, 0.29) is 25.0 Å². The summed E-state index contributed by atoms with van der Waals surface area (Å²) >= 11 is 0. The molecule has 0 spiro atoms. The molecule has 6 nitrogen and oxygen atoms in total. The van der Waals surface area contributed by atoms with E-state index in [1.165, 1.54) is 11.3 Å². The van der Waals surface area contributed by atoms with Crippen LogP contribution in [-0.2, 0) is 33.9 Å². The number of amides is 1. The number of fused-ring (bicyclic) bond motifs is 1. The second kappa shape index (κ2) is 11.8. The van der Waals surface area contributed by atoms with Gasteiger partial charge in [0, 0.05) is 18.5 Å². The van der Waals surface area contributed by atoms with E-state index in [0.717, 1.165) is 53.5 Å². The third-order valence-electron chi connectivity index (χ3n) is 7.67. The number of carbonyl (C=O) groups excluding carboxylic acids is 1. The van der Waals surface area contributed by atoms with Crippen molar-refractivity contribution in [3.63, 3.8) is 0 Å². The minimum absolute atomic E-state index is 0.00102. The van der Waals surface area contributed by atoms with Crippen molar-refractivity contribution in [1.82, 2.24) is 4.90 Å². The second-order valence-electron chi connectivity index (χ2n) is 10.3. The van der Waals surface area contributed by atoms with E-state index in [0.29, 0.717) is 12.4 Å². The number of benzene rings is 3. The van der Waals surface area contributed by atoms with Crippen molar-refractivity contribution in [2.45, 2.75) is 76.9 Å². The largest absolute Gasteiger partial charge is 0.488 e. The summed E-state index contributed by atoms with van der Waals surface area (Å²) in [5.41, 5.74) is 4.52. The Hall–Kier alpha value is -3.64. The molecule has 1 heterocycles. The molecule has 0 radical (unpaired) electrons. The Morgan fingerprint density at radius 3 is 2.32 bits per heavy atom. The van der Waals surface area contributed by atoms with Gasteiger partial charge in [0.1, 0.15) is 18.4 Å². The van der Waals surface area contributed by atoms with E-state index < -0.39 is 18.1 Å². The third-order valence-corrected chi connectivity index (χ3v) is 7.67. The summed E-state index contributed by atoms with van der Waals surface area (Å²) in [6, 6.07) is 22.3. The summed E-state index contributed by atoms with van der Waals surface area (Å²) in [4.78, 5) is 28.1. The first-order valence-corrected chi connectivity index (χ1v) is 13.5. The molecule has 198 valence electrons. The average Bonchev–Trinajstić information content (AvgIpc) is 2.96. The van der Waals surface area contributed by atoms with E-state index in [1.807, 2.05) is 79.7 Å². The summed E-state index contributed by atoms with van der Waals surface area (Å²) in [7, 11) is 0. The van der Waals surface area contributed by atoms with Gasteiger partial charge in [-0.2, -0.15) is 0 Å². The molecule has 0 saturated heterocycles. The minimum Gasteiger partial charge on any atom is -0.488 e. The zero-order valence-corrected chi connectivity index (χ0v) is 21.8. The number of carboxylic acids is 1. The Kier molecular flexibility index (Phi) is 8.08. The first kappa shape index (κ1) is 26.0. The molecule has 0 aromatic heterocycles. The first-order chi connectivity index (χ1) is 18.5. The van der Waals surface area contributed by atoms with Crippen LogP contribution >= 0.6 is 0 Å². The Morgan fingerprint density at radius 2 is 1.63 bits per heavy atom. The average molecular weight is 514 g/mol. The van der Waals surface area contributed by atoms with Gasteiger partial charge in [-0.3, -0.25) is 4.79 Å². The number of carbonyl (C=O) groups is 2. The van der Waals surface area contributed by atoms with Crippen molar-refractivity contribution in [2.75, 3.05) is 0 Å². The molecule has 1 amide bonds. The van der Waals surface area contributed by atoms with E-state index >= 15 is 0 Å². The monoisotopic (exact) mass is 513 g/mol. The lowest BCUT2D eigenvalue weighted by atomic mass is 9.90. The van der Waals surface area contributed by atoms with Gasteiger partial charge in [-0.25, -0.2) is 4.79 Å². The van der Waals surface area contributed by atoms with Gasteiger partial charge in [-0.1, -0.05) is 92.1 Å². The number of carboxylic acid groups (broad SMARTS) is 1. The number of aliphatic carboxylic acids is 1.